The predicted molar refractivity (Wildman–Crippen MR) is 127 cm³/mol. The summed E-state index contributed by atoms with van der Waals surface area (Å²) in [5.41, 5.74) is 2.51. The Morgan fingerprint density at radius 1 is 1.03 bits per heavy atom. The van der Waals surface area contributed by atoms with Gasteiger partial charge < -0.3 is 15.4 Å². The lowest BCUT2D eigenvalue weighted by molar-refractivity contribution is -0.136. The van der Waals surface area contributed by atoms with Crippen LogP contribution in [-0.2, 0) is 14.3 Å². The summed E-state index contributed by atoms with van der Waals surface area (Å²) in [6.45, 7) is 5.00. The van der Waals surface area contributed by atoms with Gasteiger partial charge in [-0.15, -0.1) is 0 Å². The molecule has 7 heteroatoms. The lowest BCUT2D eigenvalue weighted by Crippen LogP contribution is -2.45. The molecule has 6 nitrogen and oxygen atoms in total. The van der Waals surface area contributed by atoms with Gasteiger partial charge in [0.15, 0.2) is 0 Å². The van der Waals surface area contributed by atoms with Crippen LogP contribution in [0.3, 0.4) is 0 Å². The Morgan fingerprint density at radius 3 is 2.56 bits per heavy atom. The first kappa shape index (κ1) is 22.3. The monoisotopic (exact) mass is 451 g/mol. The van der Waals surface area contributed by atoms with Crippen molar-refractivity contribution >= 4 is 39.9 Å². The van der Waals surface area contributed by atoms with Gasteiger partial charge in [0.1, 0.15) is 0 Å². The standard InChI is InChI=1S/C25H26ClN3O3/c1-17-9-10-19(15-22(17)26)28-25(31)24(30)27-16-23(29-11-13-32-14-12-29)21-8-4-6-18-5-2-3-7-20(18)21/h2-10,15,23H,11-14,16H2,1H3,(H,27,30)(H,28,31)/t23-/m1/s1. The number of nitrogens with zero attached hydrogens (tertiary/aromatic N) is 1. The van der Waals surface area contributed by atoms with Crippen LogP contribution in [0.1, 0.15) is 17.2 Å². The van der Waals surface area contributed by atoms with E-state index in [1.165, 1.54) is 0 Å². The van der Waals surface area contributed by atoms with E-state index >= 15 is 0 Å². The van der Waals surface area contributed by atoms with Gasteiger partial charge in [-0.25, -0.2) is 0 Å². The number of rotatable bonds is 5. The number of morpholine rings is 1. The van der Waals surface area contributed by atoms with Crippen molar-refractivity contribution < 1.29 is 14.3 Å². The summed E-state index contributed by atoms with van der Waals surface area (Å²) in [7, 11) is 0. The Balaban J connectivity index is 1.50. The molecule has 1 aliphatic heterocycles. The zero-order valence-electron chi connectivity index (χ0n) is 17.9. The van der Waals surface area contributed by atoms with Crippen molar-refractivity contribution in [1.82, 2.24) is 10.2 Å². The van der Waals surface area contributed by atoms with Gasteiger partial charge in [0.05, 0.1) is 19.3 Å². The molecule has 2 amide bonds. The minimum atomic E-state index is -0.719. The van der Waals surface area contributed by atoms with Gasteiger partial charge in [-0.1, -0.05) is 60.1 Å². The molecule has 0 unspecified atom stereocenters. The van der Waals surface area contributed by atoms with E-state index in [4.69, 9.17) is 16.3 Å². The third-order valence-electron chi connectivity index (χ3n) is 5.76. The second kappa shape index (κ2) is 10.1. The number of hydrogen-bond donors (Lipinski definition) is 2. The van der Waals surface area contributed by atoms with E-state index in [0.717, 1.165) is 35.0 Å². The fraction of sp³-hybridized carbons (Fsp3) is 0.280. The van der Waals surface area contributed by atoms with E-state index in [0.29, 0.717) is 30.5 Å². The fourth-order valence-electron chi connectivity index (χ4n) is 3.99. The minimum absolute atomic E-state index is 0.0735. The second-order valence-corrected chi connectivity index (χ2v) is 8.27. The van der Waals surface area contributed by atoms with Gasteiger partial charge in [0, 0.05) is 30.3 Å². The molecule has 4 rings (SSSR count). The van der Waals surface area contributed by atoms with Gasteiger partial charge in [-0.2, -0.15) is 0 Å². The first-order chi connectivity index (χ1) is 15.5. The molecule has 0 radical (unpaired) electrons. The molecule has 3 aromatic carbocycles. The van der Waals surface area contributed by atoms with Crippen molar-refractivity contribution in [3.8, 4) is 0 Å². The van der Waals surface area contributed by atoms with E-state index in [1.54, 1.807) is 18.2 Å². The molecule has 0 saturated carbocycles. The Hall–Kier alpha value is -2.93. The number of halogens is 1. The molecule has 0 aliphatic carbocycles. The number of aryl methyl sites for hydroxylation is 1. The molecule has 1 atom stereocenters. The zero-order valence-corrected chi connectivity index (χ0v) is 18.7. The summed E-state index contributed by atoms with van der Waals surface area (Å²) in [5.74, 6) is -1.40. The number of carbonyl (C=O) groups is 2. The van der Waals surface area contributed by atoms with Crippen LogP contribution < -0.4 is 10.6 Å². The van der Waals surface area contributed by atoms with Crippen molar-refractivity contribution in [1.29, 1.82) is 0 Å². The van der Waals surface area contributed by atoms with E-state index in [1.807, 2.05) is 25.1 Å². The summed E-state index contributed by atoms with van der Waals surface area (Å²) in [5, 5.41) is 8.25. The topological polar surface area (TPSA) is 70.7 Å². The van der Waals surface area contributed by atoms with Gasteiger partial charge in [0.25, 0.3) is 0 Å². The average Bonchev–Trinajstić information content (AvgIpc) is 2.82. The van der Waals surface area contributed by atoms with Crippen molar-refractivity contribution in [3.63, 3.8) is 0 Å². The molecule has 32 heavy (non-hydrogen) atoms. The van der Waals surface area contributed by atoms with Crippen LogP contribution in [0.5, 0.6) is 0 Å². The quantitative estimate of drug-likeness (QED) is 0.576. The number of amides is 2. The first-order valence-electron chi connectivity index (χ1n) is 10.7. The van der Waals surface area contributed by atoms with Crippen molar-refractivity contribution in [2.45, 2.75) is 13.0 Å². The maximum Gasteiger partial charge on any atom is 0.313 e. The predicted octanol–water partition coefficient (Wildman–Crippen LogP) is 3.93. The summed E-state index contributed by atoms with van der Waals surface area (Å²) in [6, 6.07) is 19.5. The van der Waals surface area contributed by atoms with Gasteiger partial charge in [-0.05, 0) is 41.0 Å². The normalized spacial score (nSPS) is 15.3. The number of hydrogen-bond acceptors (Lipinski definition) is 4. The van der Waals surface area contributed by atoms with E-state index in [-0.39, 0.29) is 6.04 Å². The van der Waals surface area contributed by atoms with Crippen LogP contribution in [-0.4, -0.2) is 49.6 Å². The van der Waals surface area contributed by atoms with Gasteiger partial charge in [-0.3, -0.25) is 14.5 Å². The Morgan fingerprint density at radius 2 is 1.78 bits per heavy atom. The summed E-state index contributed by atoms with van der Waals surface area (Å²) < 4.78 is 5.52. The number of anilines is 1. The number of benzene rings is 3. The van der Waals surface area contributed by atoms with Crippen LogP contribution in [0.2, 0.25) is 5.02 Å². The Bertz CT molecular complexity index is 1120. The summed E-state index contributed by atoms with van der Waals surface area (Å²) in [6.07, 6.45) is 0. The maximum atomic E-state index is 12.6. The molecule has 2 N–H and O–H groups in total. The Labute approximate surface area is 192 Å². The summed E-state index contributed by atoms with van der Waals surface area (Å²) in [4.78, 5) is 27.3. The lowest BCUT2D eigenvalue weighted by Gasteiger charge is -2.35. The Kier molecular flexibility index (Phi) is 7.05. The van der Waals surface area contributed by atoms with Crippen molar-refractivity contribution in [2.24, 2.45) is 0 Å². The number of ether oxygens (including phenoxy) is 1. The number of carbonyl (C=O) groups excluding carboxylic acids is 2. The van der Waals surface area contributed by atoms with Crippen LogP contribution in [0.25, 0.3) is 10.8 Å². The smallest absolute Gasteiger partial charge is 0.313 e. The zero-order chi connectivity index (χ0) is 22.5. The summed E-state index contributed by atoms with van der Waals surface area (Å²) >= 11 is 6.11. The number of nitrogens with one attached hydrogen (secondary N) is 2. The minimum Gasteiger partial charge on any atom is -0.379 e. The van der Waals surface area contributed by atoms with Gasteiger partial charge >= 0.3 is 11.8 Å². The van der Waals surface area contributed by atoms with Crippen molar-refractivity contribution in [2.75, 3.05) is 38.2 Å². The highest BCUT2D eigenvalue weighted by atomic mass is 35.5. The molecule has 1 fully saturated rings. The van der Waals surface area contributed by atoms with Crippen LogP contribution >= 0.6 is 11.6 Å². The second-order valence-electron chi connectivity index (χ2n) is 7.86. The highest BCUT2D eigenvalue weighted by Gasteiger charge is 2.25. The van der Waals surface area contributed by atoms with E-state index in [2.05, 4.69) is 39.8 Å². The largest absolute Gasteiger partial charge is 0.379 e. The lowest BCUT2D eigenvalue weighted by atomic mass is 9.97. The molecule has 1 heterocycles. The molecule has 0 spiro atoms. The third-order valence-corrected chi connectivity index (χ3v) is 6.17. The average molecular weight is 452 g/mol. The van der Waals surface area contributed by atoms with E-state index in [9.17, 15) is 9.59 Å². The number of fused-ring (bicyclic) bond motifs is 1. The molecule has 3 aromatic rings. The SMILES string of the molecule is Cc1ccc(NC(=O)C(=O)NC[C@H](c2cccc3ccccc23)N2CCOCC2)cc1Cl. The van der Waals surface area contributed by atoms with Gasteiger partial charge in [0.2, 0.25) is 0 Å². The molecule has 0 aromatic heterocycles. The third kappa shape index (κ3) is 5.10. The highest BCUT2D eigenvalue weighted by molar-refractivity contribution is 6.40. The van der Waals surface area contributed by atoms with E-state index < -0.39 is 11.8 Å². The first-order valence-corrected chi connectivity index (χ1v) is 11.1. The van der Waals surface area contributed by atoms with Crippen LogP contribution in [0.15, 0.2) is 60.7 Å². The van der Waals surface area contributed by atoms with Crippen LogP contribution in [0.4, 0.5) is 5.69 Å². The highest BCUT2D eigenvalue weighted by Crippen LogP contribution is 2.28. The molecular weight excluding hydrogens is 426 g/mol. The molecule has 0 bridgehead atoms. The van der Waals surface area contributed by atoms with Crippen LogP contribution in [0, 0.1) is 6.92 Å². The fourth-order valence-corrected chi connectivity index (χ4v) is 4.17. The molecule has 1 saturated heterocycles. The molecule has 166 valence electrons. The maximum absolute atomic E-state index is 12.6. The molecule has 1 aliphatic rings. The van der Waals surface area contributed by atoms with Crippen molar-refractivity contribution in [3.05, 3.63) is 76.8 Å². The molecular formula is C25H26ClN3O3.